The molecule has 0 radical (unpaired) electrons. The number of para-hydroxylation sites is 1. The molecule has 118 valence electrons. The largest absolute Gasteiger partial charge is 0.380 e. The summed E-state index contributed by atoms with van der Waals surface area (Å²) in [4.78, 5) is 14.3. The Labute approximate surface area is 128 Å². The number of carbonyl (C=O) groups is 1. The van der Waals surface area contributed by atoms with Crippen LogP contribution in [0.25, 0.3) is 0 Å². The lowest BCUT2D eigenvalue weighted by Crippen LogP contribution is -2.32. The Bertz CT molecular complexity index is 410. The molecule has 1 aromatic carbocycles. The molecule has 0 spiro atoms. The number of hydrogen-bond donors (Lipinski definition) is 0. The van der Waals surface area contributed by atoms with Crippen molar-refractivity contribution in [2.75, 3.05) is 44.4 Å². The van der Waals surface area contributed by atoms with E-state index in [1.165, 1.54) is 0 Å². The number of ketones is 1. The van der Waals surface area contributed by atoms with E-state index in [2.05, 4.69) is 4.90 Å². The van der Waals surface area contributed by atoms with Crippen molar-refractivity contribution in [2.45, 2.75) is 27.2 Å². The second kappa shape index (κ2) is 10.4. The lowest BCUT2D eigenvalue weighted by Gasteiger charge is -2.26. The Morgan fingerprint density at radius 3 is 2.10 bits per heavy atom. The van der Waals surface area contributed by atoms with Crippen LogP contribution in [0.15, 0.2) is 24.3 Å². The SMILES string of the molecule is CCOCCN(CCOCC)c1ccccc1C(=O)CC. The van der Waals surface area contributed by atoms with Crippen molar-refractivity contribution in [3.63, 3.8) is 0 Å². The maximum Gasteiger partial charge on any atom is 0.164 e. The van der Waals surface area contributed by atoms with Gasteiger partial charge in [0.05, 0.1) is 13.2 Å². The standard InChI is InChI=1S/C17H27NO3/c1-4-17(19)15-9-7-8-10-16(15)18(11-13-20-5-2)12-14-21-6-3/h7-10H,4-6,11-14H2,1-3H3. The molecule has 1 aromatic rings. The van der Waals surface area contributed by atoms with Gasteiger partial charge in [0, 0.05) is 44.0 Å². The molecular weight excluding hydrogens is 266 g/mol. The highest BCUT2D eigenvalue weighted by molar-refractivity contribution is 6.01. The van der Waals surface area contributed by atoms with Crippen LogP contribution in [-0.2, 0) is 9.47 Å². The molecule has 0 atom stereocenters. The van der Waals surface area contributed by atoms with E-state index in [1.807, 2.05) is 45.0 Å². The van der Waals surface area contributed by atoms with E-state index in [9.17, 15) is 4.79 Å². The van der Waals surface area contributed by atoms with Crippen LogP contribution >= 0.6 is 0 Å². The molecule has 21 heavy (non-hydrogen) atoms. The minimum atomic E-state index is 0.170. The van der Waals surface area contributed by atoms with Crippen LogP contribution in [0.4, 0.5) is 5.69 Å². The monoisotopic (exact) mass is 293 g/mol. The highest BCUT2D eigenvalue weighted by Gasteiger charge is 2.14. The molecule has 0 saturated heterocycles. The summed E-state index contributed by atoms with van der Waals surface area (Å²) in [5, 5.41) is 0. The van der Waals surface area contributed by atoms with Crippen molar-refractivity contribution in [3.8, 4) is 0 Å². The summed E-state index contributed by atoms with van der Waals surface area (Å²) in [7, 11) is 0. The molecule has 4 heteroatoms. The number of ether oxygens (including phenoxy) is 2. The molecule has 0 unspecified atom stereocenters. The van der Waals surface area contributed by atoms with Crippen molar-refractivity contribution in [1.29, 1.82) is 0 Å². The molecule has 0 fully saturated rings. The summed E-state index contributed by atoms with van der Waals surface area (Å²) >= 11 is 0. The van der Waals surface area contributed by atoms with E-state index in [0.29, 0.717) is 32.8 Å². The Balaban J connectivity index is 2.87. The van der Waals surface area contributed by atoms with Crippen LogP contribution in [-0.4, -0.2) is 45.3 Å². The van der Waals surface area contributed by atoms with E-state index in [4.69, 9.17) is 9.47 Å². The fourth-order valence-corrected chi connectivity index (χ4v) is 2.17. The van der Waals surface area contributed by atoms with Gasteiger partial charge >= 0.3 is 0 Å². The molecule has 0 heterocycles. The molecule has 4 nitrogen and oxygen atoms in total. The van der Waals surface area contributed by atoms with Crippen LogP contribution in [0.2, 0.25) is 0 Å². The summed E-state index contributed by atoms with van der Waals surface area (Å²) in [6.45, 7) is 10.1. The topological polar surface area (TPSA) is 38.8 Å². The number of hydrogen-bond acceptors (Lipinski definition) is 4. The fourth-order valence-electron chi connectivity index (χ4n) is 2.17. The van der Waals surface area contributed by atoms with Crippen molar-refractivity contribution < 1.29 is 14.3 Å². The van der Waals surface area contributed by atoms with E-state index in [1.54, 1.807) is 0 Å². The normalized spacial score (nSPS) is 10.6. The number of anilines is 1. The van der Waals surface area contributed by atoms with Crippen molar-refractivity contribution in [1.82, 2.24) is 0 Å². The average Bonchev–Trinajstić information content (AvgIpc) is 2.53. The highest BCUT2D eigenvalue weighted by atomic mass is 16.5. The summed E-state index contributed by atoms with van der Waals surface area (Å²) < 4.78 is 10.9. The molecule has 0 aliphatic rings. The maximum absolute atomic E-state index is 12.1. The number of Topliss-reactive ketones (excluding diaryl/α,β-unsaturated/α-hetero) is 1. The van der Waals surface area contributed by atoms with E-state index in [0.717, 1.165) is 24.3 Å². The average molecular weight is 293 g/mol. The molecule has 0 aliphatic carbocycles. The zero-order valence-corrected chi connectivity index (χ0v) is 13.4. The van der Waals surface area contributed by atoms with Crippen molar-refractivity contribution in [3.05, 3.63) is 29.8 Å². The third-order valence-electron chi connectivity index (χ3n) is 3.29. The van der Waals surface area contributed by atoms with Gasteiger partial charge in [-0.25, -0.2) is 0 Å². The summed E-state index contributed by atoms with van der Waals surface area (Å²) in [5.41, 5.74) is 1.76. The molecular formula is C17H27NO3. The van der Waals surface area contributed by atoms with Gasteiger partial charge in [0.1, 0.15) is 0 Å². The second-order valence-corrected chi connectivity index (χ2v) is 4.67. The molecule has 0 aromatic heterocycles. The van der Waals surface area contributed by atoms with Gasteiger partial charge in [-0.3, -0.25) is 4.79 Å². The van der Waals surface area contributed by atoms with Crippen molar-refractivity contribution in [2.24, 2.45) is 0 Å². The maximum atomic E-state index is 12.1. The lowest BCUT2D eigenvalue weighted by molar-refractivity contribution is 0.0988. The first-order valence-corrected chi connectivity index (χ1v) is 7.77. The number of carbonyl (C=O) groups excluding carboxylic acids is 1. The summed E-state index contributed by atoms with van der Waals surface area (Å²) in [5.74, 6) is 0.170. The summed E-state index contributed by atoms with van der Waals surface area (Å²) in [6, 6.07) is 7.78. The predicted octanol–water partition coefficient (Wildman–Crippen LogP) is 3.16. The molecule has 0 bridgehead atoms. The highest BCUT2D eigenvalue weighted by Crippen LogP contribution is 2.21. The van der Waals surface area contributed by atoms with Crippen LogP contribution in [0, 0.1) is 0 Å². The van der Waals surface area contributed by atoms with Gasteiger partial charge in [-0.05, 0) is 26.0 Å². The van der Waals surface area contributed by atoms with Crippen LogP contribution < -0.4 is 4.90 Å². The van der Waals surface area contributed by atoms with Crippen molar-refractivity contribution >= 4 is 11.5 Å². The molecule has 0 amide bonds. The van der Waals surface area contributed by atoms with Gasteiger partial charge in [-0.2, -0.15) is 0 Å². The second-order valence-electron chi connectivity index (χ2n) is 4.67. The first kappa shape index (κ1) is 17.7. The first-order chi connectivity index (χ1) is 10.2. The third kappa shape index (κ3) is 5.86. The van der Waals surface area contributed by atoms with E-state index in [-0.39, 0.29) is 5.78 Å². The van der Waals surface area contributed by atoms with Gasteiger partial charge in [0.15, 0.2) is 5.78 Å². The predicted molar refractivity (Wildman–Crippen MR) is 86.3 cm³/mol. The zero-order valence-electron chi connectivity index (χ0n) is 13.4. The molecule has 0 N–H and O–H groups in total. The molecule has 1 rings (SSSR count). The van der Waals surface area contributed by atoms with Gasteiger partial charge < -0.3 is 14.4 Å². The first-order valence-electron chi connectivity index (χ1n) is 7.77. The van der Waals surface area contributed by atoms with Gasteiger partial charge in [-0.1, -0.05) is 19.1 Å². The summed E-state index contributed by atoms with van der Waals surface area (Å²) in [6.07, 6.45) is 0.516. The number of nitrogens with zero attached hydrogens (tertiary/aromatic N) is 1. The van der Waals surface area contributed by atoms with Gasteiger partial charge in [-0.15, -0.1) is 0 Å². The van der Waals surface area contributed by atoms with Crippen LogP contribution in [0.1, 0.15) is 37.6 Å². The fraction of sp³-hybridized carbons (Fsp3) is 0.588. The molecule has 0 saturated carbocycles. The quantitative estimate of drug-likeness (QED) is 0.464. The Kier molecular flexibility index (Phi) is 8.71. The smallest absolute Gasteiger partial charge is 0.164 e. The number of benzene rings is 1. The lowest BCUT2D eigenvalue weighted by atomic mass is 10.1. The Hall–Kier alpha value is -1.39. The van der Waals surface area contributed by atoms with E-state index < -0.39 is 0 Å². The van der Waals surface area contributed by atoms with Crippen LogP contribution in [0.5, 0.6) is 0 Å². The Morgan fingerprint density at radius 1 is 1.00 bits per heavy atom. The Morgan fingerprint density at radius 2 is 1.57 bits per heavy atom. The minimum Gasteiger partial charge on any atom is -0.380 e. The molecule has 0 aliphatic heterocycles. The zero-order chi connectivity index (χ0) is 15.5. The third-order valence-corrected chi connectivity index (χ3v) is 3.29. The van der Waals surface area contributed by atoms with Gasteiger partial charge in [0.2, 0.25) is 0 Å². The number of rotatable bonds is 11. The van der Waals surface area contributed by atoms with Crippen LogP contribution in [0.3, 0.4) is 0 Å². The van der Waals surface area contributed by atoms with Gasteiger partial charge in [0.25, 0.3) is 0 Å². The van der Waals surface area contributed by atoms with E-state index >= 15 is 0 Å². The minimum absolute atomic E-state index is 0.170.